The number of piperidine rings is 1. The molecule has 0 aromatic carbocycles. The summed E-state index contributed by atoms with van der Waals surface area (Å²) in [5.74, 6) is 2.01. The summed E-state index contributed by atoms with van der Waals surface area (Å²) in [7, 11) is 2.05. The molecule has 7 nitrogen and oxygen atoms in total. The van der Waals surface area contributed by atoms with Crippen molar-refractivity contribution in [2.24, 2.45) is 17.8 Å². The van der Waals surface area contributed by atoms with E-state index in [1.54, 1.807) is 0 Å². The number of carbonyl (C=O) groups excluding carboxylic acids is 2. The van der Waals surface area contributed by atoms with Crippen molar-refractivity contribution in [3.05, 3.63) is 0 Å². The van der Waals surface area contributed by atoms with E-state index in [1.807, 2.05) is 0 Å². The van der Waals surface area contributed by atoms with Gasteiger partial charge in [0.1, 0.15) is 6.04 Å². The van der Waals surface area contributed by atoms with Gasteiger partial charge in [0.2, 0.25) is 11.8 Å². The van der Waals surface area contributed by atoms with Gasteiger partial charge in [0.25, 0.3) is 0 Å². The first-order valence-electron chi connectivity index (χ1n) is 13.9. The smallest absolute Gasteiger partial charge is 0.241 e. The van der Waals surface area contributed by atoms with Crippen molar-refractivity contribution >= 4 is 11.8 Å². The lowest BCUT2D eigenvalue weighted by molar-refractivity contribution is -0.140. The van der Waals surface area contributed by atoms with Gasteiger partial charge in [-0.2, -0.15) is 0 Å². The first-order chi connectivity index (χ1) is 16.1. The van der Waals surface area contributed by atoms with Crippen LogP contribution in [0.1, 0.15) is 83.5 Å². The number of carbonyl (C=O) groups is 2. The molecule has 3 N–H and O–H groups in total. The molecule has 6 atom stereocenters. The van der Waals surface area contributed by atoms with Crippen molar-refractivity contribution in [2.75, 3.05) is 20.1 Å². The Morgan fingerprint density at radius 3 is 2.42 bits per heavy atom. The van der Waals surface area contributed by atoms with E-state index in [0.717, 1.165) is 32.2 Å². The Balaban J connectivity index is 1.11. The van der Waals surface area contributed by atoms with E-state index in [0.29, 0.717) is 24.4 Å². The second kappa shape index (κ2) is 8.80. The van der Waals surface area contributed by atoms with Gasteiger partial charge in [0, 0.05) is 43.7 Å². The average molecular weight is 458 g/mol. The number of fused-ring (bicyclic) bond motifs is 2. The van der Waals surface area contributed by atoms with Gasteiger partial charge in [-0.05, 0) is 63.2 Å². The van der Waals surface area contributed by atoms with E-state index in [1.165, 1.54) is 57.8 Å². The number of nitrogens with one attached hydrogen (secondary N) is 3. The van der Waals surface area contributed by atoms with Crippen molar-refractivity contribution in [2.45, 2.75) is 113 Å². The third-order valence-corrected chi connectivity index (χ3v) is 10.4. The van der Waals surface area contributed by atoms with Crippen molar-refractivity contribution in [1.29, 1.82) is 0 Å². The van der Waals surface area contributed by atoms with Gasteiger partial charge in [-0.15, -0.1) is 0 Å². The third-order valence-electron chi connectivity index (χ3n) is 10.4. The van der Waals surface area contributed by atoms with Gasteiger partial charge in [-0.25, -0.2) is 5.43 Å². The fourth-order valence-corrected chi connectivity index (χ4v) is 8.19. The minimum Gasteiger partial charge on any atom is -0.341 e. The Kier molecular flexibility index (Phi) is 5.94. The van der Waals surface area contributed by atoms with Gasteiger partial charge >= 0.3 is 0 Å². The second-order valence-corrected chi connectivity index (χ2v) is 12.1. The number of hydrogen-bond acceptors (Lipinski definition) is 5. The lowest BCUT2D eigenvalue weighted by Crippen LogP contribution is -2.57. The Hall–Kier alpha value is -1.18. The van der Waals surface area contributed by atoms with Crippen LogP contribution in [0.5, 0.6) is 0 Å². The summed E-state index contributed by atoms with van der Waals surface area (Å²) in [5.41, 5.74) is 6.87. The summed E-state index contributed by atoms with van der Waals surface area (Å²) < 4.78 is 0. The molecule has 6 rings (SSSR count). The van der Waals surface area contributed by atoms with Crippen molar-refractivity contribution in [3.8, 4) is 0 Å². The predicted octanol–water partition coefficient (Wildman–Crippen LogP) is 2.17. The maximum Gasteiger partial charge on any atom is 0.241 e. The molecule has 6 fully saturated rings. The standard InChI is InChI=1S/C26H43N5O2/c1-30(26(12-13-26)18-8-3-2-4-9-18)25(33)23-19-16-31(14-11-21(19)28-29-23)24(32)22-15-17-7-5-6-10-20(17)27-22/h17-23,27-29H,2-16H2,1H3. The minimum atomic E-state index is -0.226. The maximum absolute atomic E-state index is 13.7. The van der Waals surface area contributed by atoms with Crippen LogP contribution >= 0.6 is 0 Å². The van der Waals surface area contributed by atoms with Crippen LogP contribution in [0.25, 0.3) is 0 Å². The molecule has 3 aliphatic heterocycles. The molecule has 3 saturated heterocycles. The molecule has 2 amide bonds. The van der Waals surface area contributed by atoms with Crippen LogP contribution in [0.4, 0.5) is 0 Å². The molecule has 0 radical (unpaired) electrons. The van der Waals surface area contributed by atoms with Gasteiger partial charge in [0.05, 0.1) is 6.04 Å². The fourth-order valence-electron chi connectivity index (χ4n) is 8.19. The van der Waals surface area contributed by atoms with Crippen LogP contribution in [0, 0.1) is 17.8 Å². The van der Waals surface area contributed by atoms with Crippen LogP contribution in [0.3, 0.4) is 0 Å². The van der Waals surface area contributed by atoms with E-state index in [4.69, 9.17) is 0 Å². The lowest BCUT2D eigenvalue weighted by Gasteiger charge is -2.41. The summed E-state index contributed by atoms with van der Waals surface area (Å²) in [6.07, 6.45) is 15.9. The number of likely N-dealkylation sites (N-methyl/N-ethyl adjacent to an activating group) is 1. The highest BCUT2D eigenvalue weighted by atomic mass is 16.2. The average Bonchev–Trinajstić information content (AvgIpc) is 3.38. The Bertz CT molecular complexity index is 750. The molecular formula is C26H43N5O2. The zero-order chi connectivity index (χ0) is 22.6. The molecule has 184 valence electrons. The summed E-state index contributed by atoms with van der Waals surface area (Å²) in [5, 5.41) is 3.67. The zero-order valence-electron chi connectivity index (χ0n) is 20.4. The lowest BCUT2D eigenvalue weighted by atomic mass is 9.80. The van der Waals surface area contributed by atoms with Crippen LogP contribution in [-0.4, -0.2) is 71.5 Å². The molecule has 6 unspecified atom stereocenters. The fraction of sp³-hybridized carbons (Fsp3) is 0.923. The SMILES string of the molecule is CN(C(=O)C1NNC2CCN(C(=O)C3CC4CCCCC4N3)CC21)C1(C2CCCCC2)CC1. The molecular weight excluding hydrogens is 414 g/mol. The summed E-state index contributed by atoms with van der Waals surface area (Å²) >= 11 is 0. The maximum atomic E-state index is 13.7. The number of hydrogen-bond donors (Lipinski definition) is 3. The highest BCUT2D eigenvalue weighted by Crippen LogP contribution is 2.52. The van der Waals surface area contributed by atoms with Crippen molar-refractivity contribution in [3.63, 3.8) is 0 Å². The largest absolute Gasteiger partial charge is 0.341 e. The second-order valence-electron chi connectivity index (χ2n) is 12.1. The minimum absolute atomic E-state index is 0.0187. The Morgan fingerprint density at radius 1 is 0.909 bits per heavy atom. The van der Waals surface area contributed by atoms with Crippen molar-refractivity contribution in [1.82, 2.24) is 26.0 Å². The van der Waals surface area contributed by atoms with E-state index < -0.39 is 0 Å². The molecule has 0 spiro atoms. The molecule has 3 aliphatic carbocycles. The first kappa shape index (κ1) is 22.3. The molecule has 6 aliphatic rings. The monoisotopic (exact) mass is 457 g/mol. The molecule has 3 heterocycles. The van der Waals surface area contributed by atoms with E-state index in [9.17, 15) is 9.59 Å². The normalized spacial score (nSPS) is 40.2. The summed E-state index contributed by atoms with van der Waals surface area (Å²) in [6.45, 7) is 1.49. The number of hydrazine groups is 1. The third kappa shape index (κ3) is 3.92. The molecule has 3 saturated carbocycles. The van der Waals surface area contributed by atoms with E-state index in [-0.39, 0.29) is 41.4 Å². The molecule has 7 heteroatoms. The molecule has 0 bridgehead atoms. The molecule has 33 heavy (non-hydrogen) atoms. The van der Waals surface area contributed by atoms with Crippen LogP contribution in [-0.2, 0) is 9.59 Å². The number of amides is 2. The summed E-state index contributed by atoms with van der Waals surface area (Å²) in [6, 6.07) is 0.573. The molecule has 0 aromatic rings. The topological polar surface area (TPSA) is 76.7 Å². The number of rotatable bonds is 4. The molecule has 0 aromatic heterocycles. The highest BCUT2D eigenvalue weighted by molar-refractivity contribution is 5.85. The first-order valence-corrected chi connectivity index (χ1v) is 13.9. The van der Waals surface area contributed by atoms with Gasteiger partial charge in [-0.1, -0.05) is 32.1 Å². The van der Waals surface area contributed by atoms with Crippen LogP contribution in [0.2, 0.25) is 0 Å². The van der Waals surface area contributed by atoms with Crippen molar-refractivity contribution < 1.29 is 9.59 Å². The van der Waals surface area contributed by atoms with Gasteiger partial charge in [0.15, 0.2) is 0 Å². The van der Waals surface area contributed by atoms with Crippen LogP contribution < -0.4 is 16.2 Å². The van der Waals surface area contributed by atoms with Gasteiger partial charge in [-0.3, -0.25) is 15.0 Å². The Labute approximate surface area is 198 Å². The number of nitrogens with zero attached hydrogens (tertiary/aromatic N) is 2. The predicted molar refractivity (Wildman–Crippen MR) is 127 cm³/mol. The summed E-state index contributed by atoms with van der Waals surface area (Å²) in [4.78, 5) is 31.4. The van der Waals surface area contributed by atoms with E-state index in [2.05, 4.69) is 33.0 Å². The zero-order valence-corrected chi connectivity index (χ0v) is 20.4. The number of likely N-dealkylation sites (tertiary alicyclic amines) is 1. The Morgan fingerprint density at radius 2 is 1.67 bits per heavy atom. The van der Waals surface area contributed by atoms with E-state index >= 15 is 0 Å². The van der Waals surface area contributed by atoms with Crippen LogP contribution in [0.15, 0.2) is 0 Å². The highest BCUT2D eigenvalue weighted by Gasteiger charge is 2.56. The quantitative estimate of drug-likeness (QED) is 0.603. The van der Waals surface area contributed by atoms with Gasteiger partial charge < -0.3 is 15.1 Å².